The van der Waals surface area contributed by atoms with Gasteiger partial charge in [-0.15, -0.1) is 0 Å². The van der Waals surface area contributed by atoms with Crippen LogP contribution in [0, 0.1) is 0 Å². The normalized spacial score (nSPS) is 12.5. The number of halogens is 3. The molecule has 8 nitrogen and oxygen atoms in total. The van der Waals surface area contributed by atoms with Crippen molar-refractivity contribution in [3.8, 4) is 11.5 Å². The van der Waals surface area contributed by atoms with Crippen LogP contribution in [0.1, 0.15) is 19.5 Å². The van der Waals surface area contributed by atoms with Gasteiger partial charge in [-0.3, -0.25) is 4.79 Å². The van der Waals surface area contributed by atoms with E-state index in [9.17, 15) is 26.4 Å². The molecule has 0 saturated carbocycles. The van der Waals surface area contributed by atoms with Gasteiger partial charge in [0.2, 0.25) is 0 Å². The van der Waals surface area contributed by atoms with Gasteiger partial charge in [0.1, 0.15) is 16.9 Å². The number of sulfone groups is 1. The molecule has 0 aliphatic rings. The lowest BCUT2D eigenvalue weighted by atomic mass is 10.3. The lowest BCUT2D eigenvalue weighted by Crippen LogP contribution is -2.28. The van der Waals surface area contributed by atoms with Gasteiger partial charge in [-0.2, -0.15) is 13.2 Å². The summed E-state index contributed by atoms with van der Waals surface area (Å²) in [6.45, 7) is 2.72. The summed E-state index contributed by atoms with van der Waals surface area (Å²) in [7, 11) is -0.700. The Morgan fingerprint density at radius 1 is 1.20 bits per heavy atom. The number of rotatable bonds is 5. The fourth-order valence-corrected chi connectivity index (χ4v) is 4.28. The topological polar surface area (TPSA) is 98.9 Å². The molecule has 1 N–H and O–H groups in total. The zero-order chi connectivity index (χ0) is 22.4. The number of aryl methyl sites for hydroxylation is 1. The largest absolute Gasteiger partial charge is 0.431 e. The van der Waals surface area contributed by atoms with Crippen molar-refractivity contribution < 1.29 is 21.6 Å². The Hall–Kier alpha value is -2.89. The minimum atomic E-state index is -4.75. The number of hydrogen-bond acceptors (Lipinski definition) is 6. The Morgan fingerprint density at radius 3 is 2.40 bits per heavy atom. The number of imidazole rings is 1. The molecule has 12 heteroatoms. The molecule has 0 saturated heterocycles. The van der Waals surface area contributed by atoms with E-state index in [1.807, 2.05) is 0 Å². The van der Waals surface area contributed by atoms with Crippen LogP contribution in [0.25, 0.3) is 22.6 Å². The molecular weight excluding hydrogens is 423 g/mol. The second-order valence-corrected chi connectivity index (χ2v) is 8.78. The maximum absolute atomic E-state index is 13.4. The summed E-state index contributed by atoms with van der Waals surface area (Å²) in [5.41, 5.74) is -1.83. The third-order valence-corrected chi connectivity index (χ3v) is 6.55. The number of pyridine rings is 2. The van der Waals surface area contributed by atoms with Gasteiger partial charge < -0.3 is 14.5 Å². The van der Waals surface area contributed by atoms with Gasteiger partial charge in [0.15, 0.2) is 15.7 Å². The van der Waals surface area contributed by atoms with E-state index >= 15 is 0 Å². The molecule has 162 valence electrons. The Kier molecular flexibility index (Phi) is 5.39. The lowest BCUT2D eigenvalue weighted by Gasteiger charge is -2.14. The Labute approximate surface area is 170 Å². The number of fused-ring (bicyclic) bond motifs is 1. The molecule has 3 heterocycles. The lowest BCUT2D eigenvalue weighted by molar-refractivity contribution is -0.144. The Morgan fingerprint density at radius 2 is 1.87 bits per heavy atom. The summed E-state index contributed by atoms with van der Waals surface area (Å²) in [5.74, 6) is -0.224. The van der Waals surface area contributed by atoms with Crippen LogP contribution in [0.2, 0.25) is 0 Å². The number of nitrogens with one attached hydrogen (secondary N) is 1. The van der Waals surface area contributed by atoms with Crippen LogP contribution in [0.15, 0.2) is 28.0 Å². The molecule has 3 rings (SSSR count). The third kappa shape index (κ3) is 3.44. The van der Waals surface area contributed by atoms with E-state index < -0.39 is 27.3 Å². The van der Waals surface area contributed by atoms with E-state index in [0.29, 0.717) is 10.3 Å². The van der Waals surface area contributed by atoms with Gasteiger partial charge in [0.05, 0.1) is 28.0 Å². The van der Waals surface area contributed by atoms with Crippen LogP contribution in [0.3, 0.4) is 0 Å². The summed E-state index contributed by atoms with van der Waals surface area (Å²) in [5, 5.41) is 2.80. The number of alkyl halides is 3. The quantitative estimate of drug-likeness (QED) is 0.651. The van der Waals surface area contributed by atoms with E-state index in [4.69, 9.17) is 0 Å². The molecule has 0 spiro atoms. The maximum atomic E-state index is 13.4. The van der Waals surface area contributed by atoms with E-state index in [1.165, 1.54) is 37.7 Å². The summed E-state index contributed by atoms with van der Waals surface area (Å²) in [4.78, 5) is 21.0. The molecule has 0 aliphatic heterocycles. The molecule has 0 bridgehead atoms. The summed E-state index contributed by atoms with van der Waals surface area (Å²) in [6, 6.07) is 2.17. The summed E-state index contributed by atoms with van der Waals surface area (Å²) < 4.78 is 67.4. The highest BCUT2D eigenvalue weighted by atomic mass is 32.2. The standard InChI is InChI=1S/C18H20F3N5O3S/c1-5-26-13(18(19,20)21)8-11-15(17(26)27)25(4)16(24-11)14-12(30(28,29)6-2)7-10(22-3)9-23-14/h7-9,22H,5-6H2,1-4H3. The van der Waals surface area contributed by atoms with E-state index in [2.05, 4.69) is 15.3 Å². The van der Waals surface area contributed by atoms with E-state index in [1.54, 1.807) is 7.05 Å². The minimum absolute atomic E-state index is 0.0150. The monoisotopic (exact) mass is 443 g/mol. The van der Waals surface area contributed by atoms with Crippen molar-refractivity contribution in [2.24, 2.45) is 7.05 Å². The second-order valence-electron chi connectivity index (χ2n) is 6.53. The predicted molar refractivity (Wildman–Crippen MR) is 106 cm³/mol. The van der Waals surface area contributed by atoms with Crippen molar-refractivity contribution in [3.63, 3.8) is 0 Å². The SMILES string of the molecule is CCn1c(C(F)(F)F)cc2nc(-c3ncc(NC)cc3S(=O)(=O)CC)n(C)c2c1=O. The van der Waals surface area contributed by atoms with Gasteiger partial charge in [-0.1, -0.05) is 6.92 Å². The molecular formula is C18H20F3N5O3S. The van der Waals surface area contributed by atoms with Crippen molar-refractivity contribution >= 4 is 26.6 Å². The molecule has 0 fully saturated rings. The summed E-state index contributed by atoms with van der Waals surface area (Å²) in [6.07, 6.45) is -3.36. The van der Waals surface area contributed by atoms with Gasteiger partial charge in [-0.25, -0.2) is 18.4 Å². The van der Waals surface area contributed by atoms with Crippen molar-refractivity contribution in [1.82, 2.24) is 19.1 Å². The summed E-state index contributed by atoms with van der Waals surface area (Å²) >= 11 is 0. The highest BCUT2D eigenvalue weighted by Gasteiger charge is 2.36. The van der Waals surface area contributed by atoms with Crippen LogP contribution in [-0.2, 0) is 29.6 Å². The van der Waals surface area contributed by atoms with Crippen molar-refractivity contribution in [2.75, 3.05) is 18.1 Å². The molecule has 0 amide bonds. The first-order chi connectivity index (χ1) is 14.0. The molecule has 3 aromatic rings. The molecule has 30 heavy (non-hydrogen) atoms. The molecule has 0 unspecified atom stereocenters. The highest BCUT2D eigenvalue weighted by Crippen LogP contribution is 2.33. The highest BCUT2D eigenvalue weighted by molar-refractivity contribution is 7.91. The average molecular weight is 443 g/mol. The zero-order valence-corrected chi connectivity index (χ0v) is 17.5. The van der Waals surface area contributed by atoms with Crippen LogP contribution < -0.4 is 10.9 Å². The fraction of sp³-hybridized carbons (Fsp3) is 0.389. The van der Waals surface area contributed by atoms with E-state index in [0.717, 1.165) is 6.07 Å². The number of anilines is 1. The fourth-order valence-electron chi connectivity index (χ4n) is 3.22. The molecule has 3 aromatic heterocycles. The van der Waals surface area contributed by atoms with E-state index in [-0.39, 0.29) is 39.7 Å². The van der Waals surface area contributed by atoms with Crippen LogP contribution >= 0.6 is 0 Å². The first-order valence-electron chi connectivity index (χ1n) is 9.04. The number of nitrogens with zero attached hydrogens (tertiary/aromatic N) is 4. The van der Waals surface area contributed by atoms with Crippen LogP contribution in [-0.4, -0.2) is 40.3 Å². The predicted octanol–water partition coefficient (Wildman–Crippen LogP) is 2.67. The van der Waals surface area contributed by atoms with Crippen molar-refractivity contribution in [3.05, 3.63) is 34.4 Å². The van der Waals surface area contributed by atoms with Crippen LogP contribution in [0.5, 0.6) is 0 Å². The van der Waals surface area contributed by atoms with Gasteiger partial charge in [0, 0.05) is 20.6 Å². The number of hydrogen-bond donors (Lipinski definition) is 1. The van der Waals surface area contributed by atoms with Gasteiger partial charge in [0.25, 0.3) is 5.56 Å². The van der Waals surface area contributed by atoms with Crippen molar-refractivity contribution in [2.45, 2.75) is 31.5 Å². The maximum Gasteiger partial charge on any atom is 0.431 e. The first-order valence-corrected chi connectivity index (χ1v) is 10.7. The average Bonchev–Trinajstić information content (AvgIpc) is 3.03. The first kappa shape index (κ1) is 21.8. The molecule has 0 aliphatic carbocycles. The molecule has 0 atom stereocenters. The van der Waals surface area contributed by atoms with Crippen LogP contribution in [0.4, 0.5) is 18.9 Å². The Bertz CT molecular complexity index is 1290. The molecule has 0 radical (unpaired) electrons. The molecule has 0 aromatic carbocycles. The smallest absolute Gasteiger partial charge is 0.387 e. The van der Waals surface area contributed by atoms with Crippen molar-refractivity contribution in [1.29, 1.82) is 0 Å². The minimum Gasteiger partial charge on any atom is -0.387 e. The van der Waals surface area contributed by atoms with Gasteiger partial charge in [-0.05, 0) is 19.1 Å². The number of aromatic nitrogens is 4. The Balaban J connectivity index is 2.41. The zero-order valence-electron chi connectivity index (χ0n) is 16.7. The second kappa shape index (κ2) is 7.42. The van der Waals surface area contributed by atoms with Gasteiger partial charge >= 0.3 is 6.18 Å². The third-order valence-electron chi connectivity index (χ3n) is 4.81.